The molecule has 2 heteroatoms. The summed E-state index contributed by atoms with van der Waals surface area (Å²) in [4.78, 5) is 11.3. The van der Waals surface area contributed by atoms with Gasteiger partial charge < -0.3 is 4.74 Å². The maximum absolute atomic E-state index is 11.3. The lowest BCUT2D eigenvalue weighted by Crippen LogP contribution is -2.00. The summed E-state index contributed by atoms with van der Waals surface area (Å²) in [6, 6.07) is 7.48. The Bertz CT molecular complexity index is 377. The third-order valence-electron chi connectivity index (χ3n) is 2.01. The zero-order valence-corrected chi connectivity index (χ0v) is 7.41. The molecular formula is C11H10O2. The molecule has 1 aliphatic rings. The molecule has 0 fully saturated rings. The summed E-state index contributed by atoms with van der Waals surface area (Å²) < 4.78 is 5.06. The number of allylic oxidation sites excluding steroid dienone is 1. The van der Waals surface area contributed by atoms with E-state index in [0.29, 0.717) is 11.3 Å². The van der Waals surface area contributed by atoms with Gasteiger partial charge in [0.2, 0.25) is 0 Å². The highest BCUT2D eigenvalue weighted by molar-refractivity contribution is 6.21. The number of carbonyl (C=O) groups is 1. The highest BCUT2D eigenvalue weighted by atomic mass is 16.5. The third kappa shape index (κ3) is 1.24. The van der Waals surface area contributed by atoms with Crippen LogP contribution in [0.1, 0.15) is 18.9 Å². The van der Waals surface area contributed by atoms with E-state index in [9.17, 15) is 4.79 Å². The molecule has 0 aliphatic carbocycles. The van der Waals surface area contributed by atoms with Gasteiger partial charge in [-0.15, -0.1) is 0 Å². The Hall–Kier alpha value is -1.57. The summed E-state index contributed by atoms with van der Waals surface area (Å²) in [7, 11) is 0. The number of rotatable bonds is 1. The first-order valence-electron chi connectivity index (χ1n) is 4.34. The average Bonchev–Trinajstić information content (AvgIpc) is 2.44. The monoisotopic (exact) mass is 174 g/mol. The SMILES string of the molecule is CCC=C1C(=O)Oc2ccccc21. The minimum atomic E-state index is -0.233. The lowest BCUT2D eigenvalue weighted by atomic mass is 10.1. The molecule has 1 aliphatic heterocycles. The molecule has 1 heterocycles. The predicted molar refractivity (Wildman–Crippen MR) is 50.3 cm³/mol. The van der Waals surface area contributed by atoms with Crippen LogP contribution < -0.4 is 4.74 Å². The first-order valence-corrected chi connectivity index (χ1v) is 4.34. The van der Waals surface area contributed by atoms with Gasteiger partial charge in [0.05, 0.1) is 5.57 Å². The number of hydrogen-bond acceptors (Lipinski definition) is 2. The van der Waals surface area contributed by atoms with Gasteiger partial charge in [0, 0.05) is 5.56 Å². The Morgan fingerprint density at radius 1 is 1.38 bits per heavy atom. The minimum absolute atomic E-state index is 0.233. The molecule has 0 bridgehead atoms. The van der Waals surface area contributed by atoms with Crippen molar-refractivity contribution in [3.8, 4) is 5.75 Å². The van der Waals surface area contributed by atoms with Gasteiger partial charge in [0.25, 0.3) is 0 Å². The van der Waals surface area contributed by atoms with Gasteiger partial charge in [-0.05, 0) is 12.5 Å². The van der Waals surface area contributed by atoms with Crippen molar-refractivity contribution in [1.82, 2.24) is 0 Å². The summed E-state index contributed by atoms with van der Waals surface area (Å²) in [6.45, 7) is 2.00. The van der Waals surface area contributed by atoms with E-state index in [-0.39, 0.29) is 5.97 Å². The standard InChI is InChI=1S/C11H10O2/c1-2-5-9-8-6-3-4-7-10(8)13-11(9)12/h3-7H,2H2,1H3. The summed E-state index contributed by atoms with van der Waals surface area (Å²) in [6.07, 6.45) is 2.74. The number of hydrogen-bond donors (Lipinski definition) is 0. The van der Waals surface area contributed by atoms with Crippen molar-refractivity contribution in [2.45, 2.75) is 13.3 Å². The van der Waals surface area contributed by atoms with Crippen LogP contribution in [0.5, 0.6) is 5.75 Å². The van der Waals surface area contributed by atoms with Crippen molar-refractivity contribution < 1.29 is 9.53 Å². The Balaban J connectivity index is 2.53. The highest BCUT2D eigenvalue weighted by Crippen LogP contribution is 2.33. The summed E-state index contributed by atoms with van der Waals surface area (Å²) in [5.74, 6) is 0.440. The summed E-state index contributed by atoms with van der Waals surface area (Å²) >= 11 is 0. The second kappa shape index (κ2) is 3.05. The molecule has 0 saturated carbocycles. The van der Waals surface area contributed by atoms with Crippen molar-refractivity contribution in [1.29, 1.82) is 0 Å². The lowest BCUT2D eigenvalue weighted by Gasteiger charge is -1.92. The summed E-state index contributed by atoms with van der Waals surface area (Å²) in [5.41, 5.74) is 1.60. The van der Waals surface area contributed by atoms with E-state index >= 15 is 0 Å². The van der Waals surface area contributed by atoms with E-state index in [2.05, 4.69) is 0 Å². The fourth-order valence-corrected chi connectivity index (χ4v) is 1.44. The van der Waals surface area contributed by atoms with E-state index in [1.807, 2.05) is 37.3 Å². The zero-order chi connectivity index (χ0) is 9.26. The van der Waals surface area contributed by atoms with Crippen molar-refractivity contribution >= 4 is 11.5 Å². The smallest absolute Gasteiger partial charge is 0.343 e. The van der Waals surface area contributed by atoms with Crippen LogP contribution in [0.15, 0.2) is 30.3 Å². The number of esters is 1. The fraction of sp³-hybridized carbons (Fsp3) is 0.182. The molecule has 0 amide bonds. The fourth-order valence-electron chi connectivity index (χ4n) is 1.44. The van der Waals surface area contributed by atoms with E-state index in [0.717, 1.165) is 12.0 Å². The van der Waals surface area contributed by atoms with Crippen LogP contribution in [-0.2, 0) is 4.79 Å². The molecule has 1 aromatic rings. The lowest BCUT2D eigenvalue weighted by molar-refractivity contribution is -0.127. The number of carbonyl (C=O) groups excluding carboxylic acids is 1. The van der Waals surface area contributed by atoms with E-state index < -0.39 is 0 Å². The first kappa shape index (κ1) is 8.05. The van der Waals surface area contributed by atoms with Gasteiger partial charge in [-0.3, -0.25) is 0 Å². The topological polar surface area (TPSA) is 26.3 Å². The molecule has 13 heavy (non-hydrogen) atoms. The van der Waals surface area contributed by atoms with Crippen LogP contribution in [-0.4, -0.2) is 5.97 Å². The van der Waals surface area contributed by atoms with Gasteiger partial charge in [0.1, 0.15) is 5.75 Å². The molecule has 66 valence electrons. The Kier molecular flexibility index (Phi) is 1.89. The molecular weight excluding hydrogens is 164 g/mol. The van der Waals surface area contributed by atoms with E-state index in [1.165, 1.54) is 0 Å². The maximum Gasteiger partial charge on any atom is 0.343 e. The van der Waals surface area contributed by atoms with Crippen LogP contribution >= 0.6 is 0 Å². The van der Waals surface area contributed by atoms with Crippen LogP contribution in [0.3, 0.4) is 0 Å². The first-order chi connectivity index (χ1) is 6.33. The van der Waals surface area contributed by atoms with Crippen LogP contribution in [0.2, 0.25) is 0 Å². The largest absolute Gasteiger partial charge is 0.422 e. The molecule has 2 rings (SSSR count). The zero-order valence-electron chi connectivity index (χ0n) is 7.41. The number of para-hydroxylation sites is 1. The molecule has 0 N–H and O–H groups in total. The number of ether oxygens (including phenoxy) is 1. The summed E-state index contributed by atoms with van der Waals surface area (Å²) in [5, 5.41) is 0. The predicted octanol–water partition coefficient (Wildman–Crippen LogP) is 2.40. The average molecular weight is 174 g/mol. The van der Waals surface area contributed by atoms with Gasteiger partial charge in [0.15, 0.2) is 0 Å². The molecule has 2 nitrogen and oxygen atoms in total. The minimum Gasteiger partial charge on any atom is -0.422 e. The van der Waals surface area contributed by atoms with Crippen molar-refractivity contribution in [2.24, 2.45) is 0 Å². The van der Waals surface area contributed by atoms with Crippen LogP contribution in [0.4, 0.5) is 0 Å². The van der Waals surface area contributed by atoms with Crippen molar-refractivity contribution in [2.75, 3.05) is 0 Å². The normalized spacial score (nSPS) is 17.3. The molecule has 0 spiro atoms. The Labute approximate surface area is 76.8 Å². The van der Waals surface area contributed by atoms with Crippen LogP contribution in [0.25, 0.3) is 5.57 Å². The number of fused-ring (bicyclic) bond motifs is 1. The quantitative estimate of drug-likeness (QED) is 0.371. The van der Waals surface area contributed by atoms with Crippen molar-refractivity contribution in [3.05, 3.63) is 35.9 Å². The van der Waals surface area contributed by atoms with Gasteiger partial charge in [-0.1, -0.05) is 31.2 Å². The Morgan fingerprint density at radius 3 is 2.92 bits per heavy atom. The van der Waals surface area contributed by atoms with Crippen molar-refractivity contribution in [3.63, 3.8) is 0 Å². The van der Waals surface area contributed by atoms with Gasteiger partial charge >= 0.3 is 5.97 Å². The third-order valence-corrected chi connectivity index (χ3v) is 2.01. The van der Waals surface area contributed by atoms with E-state index in [1.54, 1.807) is 0 Å². The van der Waals surface area contributed by atoms with E-state index in [4.69, 9.17) is 4.74 Å². The van der Waals surface area contributed by atoms with Gasteiger partial charge in [-0.25, -0.2) is 4.79 Å². The molecule has 0 aromatic heterocycles. The maximum atomic E-state index is 11.3. The molecule has 0 radical (unpaired) electrons. The second-order valence-corrected chi connectivity index (χ2v) is 2.91. The highest BCUT2D eigenvalue weighted by Gasteiger charge is 2.25. The molecule has 0 saturated heterocycles. The Morgan fingerprint density at radius 2 is 2.15 bits per heavy atom. The second-order valence-electron chi connectivity index (χ2n) is 2.91. The molecule has 0 unspecified atom stereocenters. The molecule has 0 atom stereocenters. The van der Waals surface area contributed by atoms with Crippen LogP contribution in [0, 0.1) is 0 Å². The number of benzene rings is 1. The van der Waals surface area contributed by atoms with Gasteiger partial charge in [-0.2, -0.15) is 0 Å². The molecule has 1 aromatic carbocycles.